The molecule has 0 amide bonds. The maximum Gasteiger partial charge on any atom is 0.0798 e. The van der Waals surface area contributed by atoms with Crippen LogP contribution in [0.3, 0.4) is 0 Å². The van der Waals surface area contributed by atoms with Crippen molar-refractivity contribution in [1.29, 1.82) is 0 Å². The number of aliphatic hydroxyl groups is 1. The lowest BCUT2D eigenvalue weighted by molar-refractivity contribution is 0.276. The molecule has 0 saturated carbocycles. The summed E-state index contributed by atoms with van der Waals surface area (Å²) in [5, 5.41) is 12.1. The summed E-state index contributed by atoms with van der Waals surface area (Å²) in [7, 11) is 0. The van der Waals surface area contributed by atoms with Gasteiger partial charge in [-0.05, 0) is 26.7 Å². The van der Waals surface area contributed by atoms with Crippen LogP contribution in [0.2, 0.25) is 0 Å². The number of hydrogen-bond acceptors (Lipinski definition) is 4. The molecule has 3 nitrogen and oxygen atoms in total. The summed E-state index contributed by atoms with van der Waals surface area (Å²) in [6, 6.07) is 0.462. The zero-order chi connectivity index (χ0) is 10.4. The number of rotatable bonds is 6. The molecular formula is C10H18N2OS. The van der Waals surface area contributed by atoms with Crippen LogP contribution < -0.4 is 5.32 Å². The number of hydrogen-bond donors (Lipinski definition) is 2. The molecule has 1 heterocycles. The molecule has 0 spiro atoms. The highest BCUT2D eigenvalue weighted by Gasteiger charge is 2.04. The summed E-state index contributed by atoms with van der Waals surface area (Å²) in [6.45, 7) is 5.35. The first-order valence-electron chi connectivity index (χ1n) is 4.97. The molecule has 1 rings (SSSR count). The lowest BCUT2D eigenvalue weighted by atomic mass is 10.2. The Hall–Kier alpha value is -0.450. The Labute approximate surface area is 89.2 Å². The van der Waals surface area contributed by atoms with Crippen molar-refractivity contribution in [3.8, 4) is 0 Å². The van der Waals surface area contributed by atoms with Gasteiger partial charge in [0.05, 0.1) is 11.2 Å². The predicted octanol–water partition coefficient (Wildman–Crippen LogP) is 1.70. The SMILES string of the molecule is Cc1ncsc1CNC(C)CCCO. The van der Waals surface area contributed by atoms with Crippen LogP contribution in [0.4, 0.5) is 0 Å². The van der Waals surface area contributed by atoms with Gasteiger partial charge in [0.1, 0.15) is 0 Å². The Bertz CT molecular complexity index is 262. The van der Waals surface area contributed by atoms with Crippen molar-refractivity contribution in [1.82, 2.24) is 10.3 Å². The van der Waals surface area contributed by atoms with Crippen molar-refractivity contribution in [3.05, 3.63) is 16.1 Å². The molecule has 14 heavy (non-hydrogen) atoms. The number of nitrogens with zero attached hydrogens (tertiary/aromatic N) is 1. The predicted molar refractivity (Wildman–Crippen MR) is 59.5 cm³/mol. The van der Waals surface area contributed by atoms with E-state index in [1.54, 1.807) is 11.3 Å². The van der Waals surface area contributed by atoms with Crippen LogP contribution >= 0.6 is 11.3 Å². The maximum absolute atomic E-state index is 8.68. The molecule has 0 aliphatic rings. The van der Waals surface area contributed by atoms with Gasteiger partial charge in [0, 0.05) is 24.1 Å². The summed E-state index contributed by atoms with van der Waals surface area (Å²) < 4.78 is 0. The lowest BCUT2D eigenvalue weighted by Crippen LogP contribution is -2.25. The topological polar surface area (TPSA) is 45.2 Å². The number of nitrogens with one attached hydrogen (secondary N) is 1. The third-order valence-corrected chi connectivity index (χ3v) is 3.19. The highest BCUT2D eigenvalue weighted by Crippen LogP contribution is 2.11. The van der Waals surface area contributed by atoms with Gasteiger partial charge in [0.2, 0.25) is 0 Å². The molecule has 0 radical (unpaired) electrons. The lowest BCUT2D eigenvalue weighted by Gasteiger charge is -2.12. The van der Waals surface area contributed by atoms with E-state index >= 15 is 0 Å². The van der Waals surface area contributed by atoms with Crippen LogP contribution in [0.1, 0.15) is 30.3 Å². The van der Waals surface area contributed by atoms with Crippen molar-refractivity contribution in [3.63, 3.8) is 0 Å². The third-order valence-electron chi connectivity index (χ3n) is 2.25. The van der Waals surface area contributed by atoms with Gasteiger partial charge in [-0.15, -0.1) is 11.3 Å². The molecule has 80 valence electrons. The van der Waals surface area contributed by atoms with E-state index in [9.17, 15) is 0 Å². The van der Waals surface area contributed by atoms with Gasteiger partial charge in [-0.1, -0.05) is 0 Å². The van der Waals surface area contributed by atoms with E-state index < -0.39 is 0 Å². The second-order valence-electron chi connectivity index (χ2n) is 3.51. The first-order valence-corrected chi connectivity index (χ1v) is 5.85. The number of aliphatic hydroxyl groups excluding tert-OH is 1. The standard InChI is InChI=1S/C10H18N2OS/c1-8(4-3-5-13)11-6-10-9(2)12-7-14-10/h7-8,11,13H,3-6H2,1-2H3. The fraction of sp³-hybridized carbons (Fsp3) is 0.700. The third kappa shape index (κ3) is 3.74. The Morgan fingerprint density at radius 2 is 2.43 bits per heavy atom. The molecule has 1 atom stereocenters. The van der Waals surface area contributed by atoms with Gasteiger partial charge < -0.3 is 10.4 Å². The van der Waals surface area contributed by atoms with E-state index in [1.165, 1.54) is 4.88 Å². The summed E-state index contributed by atoms with van der Waals surface area (Å²) >= 11 is 1.69. The Morgan fingerprint density at radius 3 is 3.00 bits per heavy atom. The molecule has 0 aliphatic carbocycles. The molecule has 0 saturated heterocycles. The van der Waals surface area contributed by atoms with Gasteiger partial charge >= 0.3 is 0 Å². The number of aryl methyl sites for hydroxylation is 1. The normalized spacial score (nSPS) is 13.1. The maximum atomic E-state index is 8.68. The van der Waals surface area contributed by atoms with Crippen molar-refractivity contribution >= 4 is 11.3 Å². The Kier molecular flexibility index (Phi) is 5.07. The van der Waals surface area contributed by atoms with E-state index in [1.807, 2.05) is 12.4 Å². The van der Waals surface area contributed by atoms with E-state index in [4.69, 9.17) is 5.11 Å². The van der Waals surface area contributed by atoms with E-state index in [0.29, 0.717) is 6.04 Å². The fourth-order valence-corrected chi connectivity index (χ4v) is 1.99. The molecule has 0 aliphatic heterocycles. The van der Waals surface area contributed by atoms with Crippen molar-refractivity contribution in [2.24, 2.45) is 0 Å². The zero-order valence-corrected chi connectivity index (χ0v) is 9.60. The summed E-state index contributed by atoms with van der Waals surface area (Å²) in [4.78, 5) is 5.50. The van der Waals surface area contributed by atoms with Crippen LogP contribution in [0, 0.1) is 6.92 Å². The van der Waals surface area contributed by atoms with Crippen molar-refractivity contribution in [2.75, 3.05) is 6.61 Å². The Balaban J connectivity index is 2.23. The summed E-state index contributed by atoms with van der Waals surface area (Å²) in [5.74, 6) is 0. The van der Waals surface area contributed by atoms with Gasteiger partial charge in [0.15, 0.2) is 0 Å². The molecule has 2 N–H and O–H groups in total. The van der Waals surface area contributed by atoms with Crippen LogP contribution in [-0.4, -0.2) is 22.7 Å². The monoisotopic (exact) mass is 214 g/mol. The molecule has 1 unspecified atom stereocenters. The average Bonchev–Trinajstić information content (AvgIpc) is 2.58. The highest BCUT2D eigenvalue weighted by molar-refractivity contribution is 7.09. The number of aromatic nitrogens is 1. The van der Waals surface area contributed by atoms with Crippen LogP contribution in [0.25, 0.3) is 0 Å². The van der Waals surface area contributed by atoms with E-state index in [0.717, 1.165) is 25.1 Å². The molecule has 1 aromatic heterocycles. The second kappa shape index (κ2) is 6.11. The molecule has 0 bridgehead atoms. The van der Waals surface area contributed by atoms with Crippen molar-refractivity contribution < 1.29 is 5.11 Å². The first kappa shape index (κ1) is 11.6. The fourth-order valence-electron chi connectivity index (χ4n) is 1.26. The molecule has 0 fully saturated rings. The summed E-state index contributed by atoms with van der Waals surface area (Å²) in [5.41, 5.74) is 3.00. The van der Waals surface area contributed by atoms with Crippen molar-refractivity contribution in [2.45, 2.75) is 39.3 Å². The van der Waals surface area contributed by atoms with Gasteiger partial charge in [-0.3, -0.25) is 0 Å². The minimum atomic E-state index is 0.283. The minimum absolute atomic E-state index is 0.283. The second-order valence-corrected chi connectivity index (χ2v) is 4.45. The van der Waals surface area contributed by atoms with E-state index in [-0.39, 0.29) is 6.61 Å². The van der Waals surface area contributed by atoms with Crippen LogP contribution in [0.15, 0.2) is 5.51 Å². The van der Waals surface area contributed by atoms with Gasteiger partial charge in [0.25, 0.3) is 0 Å². The largest absolute Gasteiger partial charge is 0.396 e. The van der Waals surface area contributed by atoms with Gasteiger partial charge in [-0.25, -0.2) is 4.98 Å². The molecule has 4 heteroatoms. The minimum Gasteiger partial charge on any atom is -0.396 e. The highest BCUT2D eigenvalue weighted by atomic mass is 32.1. The average molecular weight is 214 g/mol. The van der Waals surface area contributed by atoms with Crippen LogP contribution in [-0.2, 0) is 6.54 Å². The first-order chi connectivity index (χ1) is 6.74. The van der Waals surface area contributed by atoms with Gasteiger partial charge in [-0.2, -0.15) is 0 Å². The molecular weight excluding hydrogens is 196 g/mol. The Morgan fingerprint density at radius 1 is 1.64 bits per heavy atom. The number of thiazole rings is 1. The van der Waals surface area contributed by atoms with Crippen LogP contribution in [0.5, 0.6) is 0 Å². The smallest absolute Gasteiger partial charge is 0.0798 e. The zero-order valence-electron chi connectivity index (χ0n) is 8.79. The molecule has 0 aromatic carbocycles. The van der Waals surface area contributed by atoms with E-state index in [2.05, 4.69) is 17.2 Å². The molecule has 1 aromatic rings. The quantitative estimate of drug-likeness (QED) is 0.757. The summed E-state index contributed by atoms with van der Waals surface area (Å²) in [6.07, 6.45) is 1.89.